The lowest BCUT2D eigenvalue weighted by atomic mass is 10.3. The van der Waals surface area contributed by atoms with Crippen molar-refractivity contribution in [2.24, 2.45) is 0 Å². The second kappa shape index (κ2) is 7.33. The summed E-state index contributed by atoms with van der Waals surface area (Å²) >= 11 is 2.52. The van der Waals surface area contributed by atoms with Crippen LogP contribution in [0.2, 0.25) is 0 Å². The highest BCUT2D eigenvalue weighted by Gasteiger charge is 2.13. The fourth-order valence-corrected chi connectivity index (χ4v) is 3.79. The van der Waals surface area contributed by atoms with Gasteiger partial charge in [0.25, 0.3) is 5.56 Å². The number of hydrogen-bond acceptors (Lipinski definition) is 7. The van der Waals surface area contributed by atoms with Crippen molar-refractivity contribution in [3.63, 3.8) is 0 Å². The molecule has 0 aliphatic rings. The fourth-order valence-electron chi connectivity index (χ4n) is 2.43. The first-order valence-electron chi connectivity index (χ1n) is 7.98. The number of aromatic amines is 1. The average Bonchev–Trinajstić information content (AvgIpc) is 3.27. The number of hydrogen-bond donors (Lipinski definition) is 2. The average molecular weight is 398 g/mol. The summed E-state index contributed by atoms with van der Waals surface area (Å²) in [6.07, 6.45) is 1.49. The molecule has 0 fully saturated rings. The normalized spacial score (nSPS) is 11.0. The van der Waals surface area contributed by atoms with Gasteiger partial charge in [0.05, 0.1) is 23.3 Å². The summed E-state index contributed by atoms with van der Waals surface area (Å²) in [6.45, 7) is 1.86. The first-order chi connectivity index (χ1) is 13.1. The van der Waals surface area contributed by atoms with Gasteiger partial charge >= 0.3 is 0 Å². The number of aryl methyl sites for hydroxylation is 1. The van der Waals surface area contributed by atoms with E-state index in [9.17, 15) is 9.59 Å². The molecule has 0 unspecified atom stereocenters. The van der Waals surface area contributed by atoms with Crippen LogP contribution < -0.4 is 10.9 Å². The van der Waals surface area contributed by atoms with Crippen molar-refractivity contribution in [3.05, 3.63) is 58.0 Å². The highest BCUT2D eigenvalue weighted by atomic mass is 32.2. The van der Waals surface area contributed by atoms with Gasteiger partial charge in [-0.15, -0.1) is 11.3 Å². The minimum absolute atomic E-state index is 0.104. The lowest BCUT2D eigenvalue weighted by Crippen LogP contribution is -2.15. The van der Waals surface area contributed by atoms with Crippen molar-refractivity contribution in [1.29, 1.82) is 0 Å². The van der Waals surface area contributed by atoms with E-state index in [1.165, 1.54) is 17.5 Å². The van der Waals surface area contributed by atoms with Crippen LogP contribution in [0.15, 0.2) is 51.9 Å². The van der Waals surface area contributed by atoms with Gasteiger partial charge in [-0.1, -0.05) is 30.0 Å². The Balaban J connectivity index is 1.55. The molecule has 8 nitrogen and oxygen atoms in total. The Morgan fingerprint density at radius 2 is 2.11 bits per heavy atom. The number of thiazole rings is 1. The third-order valence-corrected chi connectivity index (χ3v) is 5.37. The molecular formula is C17H14N6O2S2. The first-order valence-corrected chi connectivity index (χ1v) is 9.85. The SMILES string of the molecule is Cc1csc(NC(=O)CSc2nc3c(cnn3-c3ccccc3)c(=O)[nH]2)n1. The van der Waals surface area contributed by atoms with Crippen LogP contribution in [0, 0.1) is 6.92 Å². The summed E-state index contributed by atoms with van der Waals surface area (Å²) in [5.41, 5.74) is 1.82. The van der Waals surface area contributed by atoms with E-state index in [2.05, 4.69) is 25.4 Å². The number of thioether (sulfide) groups is 1. The van der Waals surface area contributed by atoms with Gasteiger partial charge in [0.1, 0.15) is 5.39 Å². The number of rotatable bonds is 5. The predicted octanol–water partition coefficient (Wildman–Crippen LogP) is 2.60. The maximum Gasteiger partial charge on any atom is 0.262 e. The molecule has 0 atom stereocenters. The van der Waals surface area contributed by atoms with E-state index in [-0.39, 0.29) is 17.2 Å². The van der Waals surface area contributed by atoms with Gasteiger partial charge in [-0.2, -0.15) is 5.10 Å². The quantitative estimate of drug-likeness (QED) is 0.395. The van der Waals surface area contributed by atoms with Gasteiger partial charge in [-0.25, -0.2) is 14.6 Å². The minimum atomic E-state index is -0.291. The van der Waals surface area contributed by atoms with Crippen LogP contribution in [0.3, 0.4) is 0 Å². The number of benzene rings is 1. The van der Waals surface area contributed by atoms with Crippen molar-refractivity contribution in [3.8, 4) is 5.69 Å². The number of aromatic nitrogens is 5. The molecule has 3 heterocycles. The zero-order valence-corrected chi connectivity index (χ0v) is 15.8. The third-order valence-electron chi connectivity index (χ3n) is 3.62. The molecule has 0 spiro atoms. The Morgan fingerprint density at radius 3 is 2.85 bits per heavy atom. The van der Waals surface area contributed by atoms with Crippen molar-refractivity contribution in [2.45, 2.75) is 12.1 Å². The maximum atomic E-state index is 12.3. The summed E-state index contributed by atoms with van der Waals surface area (Å²) in [6, 6.07) is 9.43. The van der Waals surface area contributed by atoms with Crippen LogP contribution in [0.4, 0.5) is 5.13 Å². The second-order valence-corrected chi connectivity index (χ2v) is 7.45. The molecule has 27 heavy (non-hydrogen) atoms. The molecule has 1 amide bonds. The number of nitrogens with zero attached hydrogens (tertiary/aromatic N) is 4. The molecule has 2 N–H and O–H groups in total. The lowest BCUT2D eigenvalue weighted by Gasteiger charge is -2.04. The molecule has 4 aromatic rings. The lowest BCUT2D eigenvalue weighted by molar-refractivity contribution is -0.113. The number of anilines is 1. The highest BCUT2D eigenvalue weighted by Crippen LogP contribution is 2.19. The molecule has 0 saturated heterocycles. The van der Waals surface area contributed by atoms with Crippen molar-refractivity contribution >= 4 is 45.2 Å². The summed E-state index contributed by atoms with van der Waals surface area (Å²) in [7, 11) is 0. The number of carbonyl (C=O) groups excluding carboxylic acids is 1. The minimum Gasteiger partial charge on any atom is -0.301 e. The molecule has 1 aromatic carbocycles. The highest BCUT2D eigenvalue weighted by molar-refractivity contribution is 7.99. The van der Waals surface area contributed by atoms with E-state index in [0.717, 1.165) is 23.1 Å². The largest absolute Gasteiger partial charge is 0.301 e. The van der Waals surface area contributed by atoms with Crippen LogP contribution in [0.1, 0.15) is 5.69 Å². The van der Waals surface area contributed by atoms with Gasteiger partial charge in [-0.05, 0) is 19.1 Å². The van der Waals surface area contributed by atoms with Crippen LogP contribution in [0.5, 0.6) is 0 Å². The Morgan fingerprint density at radius 1 is 1.30 bits per heavy atom. The monoisotopic (exact) mass is 398 g/mol. The third kappa shape index (κ3) is 3.76. The number of para-hydroxylation sites is 1. The summed E-state index contributed by atoms with van der Waals surface area (Å²) in [4.78, 5) is 35.7. The molecule has 0 aliphatic carbocycles. The standard InChI is InChI=1S/C17H14N6O2S2/c1-10-8-26-16(19-10)20-13(24)9-27-17-21-14-12(15(25)22-17)7-18-23(14)11-5-3-2-4-6-11/h2-8H,9H2,1H3,(H,19,20,24)(H,21,22,25). The van der Waals surface area contributed by atoms with Gasteiger partial charge < -0.3 is 10.3 Å². The molecule has 0 radical (unpaired) electrons. The number of nitrogens with one attached hydrogen (secondary N) is 2. The molecule has 4 rings (SSSR count). The van der Waals surface area contributed by atoms with Crippen LogP contribution in [-0.2, 0) is 4.79 Å². The van der Waals surface area contributed by atoms with Gasteiger partial charge in [0, 0.05) is 5.38 Å². The molecule has 10 heteroatoms. The first kappa shape index (κ1) is 17.4. The summed E-state index contributed by atoms with van der Waals surface area (Å²) in [5.74, 6) is -0.110. The van der Waals surface area contributed by atoms with E-state index < -0.39 is 0 Å². The van der Waals surface area contributed by atoms with Crippen molar-refractivity contribution in [1.82, 2.24) is 24.7 Å². The molecule has 3 aromatic heterocycles. The molecule has 136 valence electrons. The predicted molar refractivity (Wildman–Crippen MR) is 106 cm³/mol. The van der Waals surface area contributed by atoms with E-state index >= 15 is 0 Å². The van der Waals surface area contributed by atoms with E-state index in [0.29, 0.717) is 21.3 Å². The van der Waals surface area contributed by atoms with Crippen molar-refractivity contribution in [2.75, 3.05) is 11.1 Å². The second-order valence-electron chi connectivity index (χ2n) is 5.63. The number of H-pyrrole nitrogens is 1. The summed E-state index contributed by atoms with van der Waals surface area (Å²) < 4.78 is 1.60. The van der Waals surface area contributed by atoms with Gasteiger partial charge in [0.2, 0.25) is 5.91 Å². The summed E-state index contributed by atoms with van der Waals surface area (Å²) in [5, 5.41) is 10.2. The maximum absolute atomic E-state index is 12.3. The van der Waals surface area contributed by atoms with Crippen LogP contribution in [0.25, 0.3) is 16.7 Å². The van der Waals surface area contributed by atoms with Gasteiger partial charge in [0.15, 0.2) is 15.9 Å². The zero-order valence-electron chi connectivity index (χ0n) is 14.2. The van der Waals surface area contributed by atoms with E-state index in [1.807, 2.05) is 42.6 Å². The van der Waals surface area contributed by atoms with E-state index in [1.54, 1.807) is 4.68 Å². The van der Waals surface area contributed by atoms with E-state index in [4.69, 9.17) is 0 Å². The molecule has 0 bridgehead atoms. The fraction of sp³-hybridized carbons (Fsp3) is 0.118. The number of fused-ring (bicyclic) bond motifs is 1. The number of amides is 1. The van der Waals surface area contributed by atoms with Gasteiger partial charge in [-0.3, -0.25) is 9.59 Å². The molecule has 0 saturated carbocycles. The van der Waals surface area contributed by atoms with Crippen LogP contribution in [-0.4, -0.2) is 36.4 Å². The Bertz CT molecular complexity index is 1170. The zero-order chi connectivity index (χ0) is 18.8. The Hall–Kier alpha value is -2.98. The topological polar surface area (TPSA) is 106 Å². The van der Waals surface area contributed by atoms with Crippen LogP contribution >= 0.6 is 23.1 Å². The molecule has 0 aliphatic heterocycles. The Kier molecular flexibility index (Phi) is 4.73. The number of carbonyl (C=O) groups is 1. The molecular weight excluding hydrogens is 384 g/mol. The Labute approximate surface area is 161 Å². The van der Waals surface area contributed by atoms with Crippen molar-refractivity contribution < 1.29 is 4.79 Å². The smallest absolute Gasteiger partial charge is 0.262 e.